The lowest BCUT2D eigenvalue weighted by Gasteiger charge is -2.39. The first-order valence-electron chi connectivity index (χ1n) is 9.14. The largest absolute Gasteiger partial charge is 0.444 e. The molecule has 0 aromatic heterocycles. The number of halogens is 1. The van der Waals surface area contributed by atoms with Gasteiger partial charge in [-0.25, -0.2) is 4.79 Å². The van der Waals surface area contributed by atoms with E-state index in [4.69, 9.17) is 4.74 Å². The van der Waals surface area contributed by atoms with E-state index in [-0.39, 0.29) is 41.5 Å². The van der Waals surface area contributed by atoms with Crippen LogP contribution in [0.25, 0.3) is 0 Å². The maximum absolute atomic E-state index is 12.3. The Balaban J connectivity index is 0.00000338. The number of hydrogen-bond acceptors (Lipinski definition) is 6. The Labute approximate surface area is 175 Å². The molecule has 0 aromatic rings. The first kappa shape index (κ1) is 23.3. The molecule has 8 heteroatoms. The van der Waals surface area contributed by atoms with E-state index in [2.05, 4.69) is 48.1 Å². The number of nitrogens with one attached hydrogen (secondary N) is 1. The zero-order valence-electron chi connectivity index (χ0n) is 17.3. The molecule has 1 amide bonds. The second kappa shape index (κ2) is 8.95. The summed E-state index contributed by atoms with van der Waals surface area (Å²) in [5.41, 5.74) is -0.284. The molecular weight excluding hydrogens is 445 g/mol. The van der Waals surface area contributed by atoms with Crippen LogP contribution >= 0.6 is 24.0 Å². The summed E-state index contributed by atoms with van der Waals surface area (Å²) in [6.45, 7) is 15.0. The molecule has 26 heavy (non-hydrogen) atoms. The van der Waals surface area contributed by atoms with Crippen molar-refractivity contribution in [3.63, 3.8) is 0 Å². The van der Waals surface area contributed by atoms with Gasteiger partial charge in [-0.2, -0.15) is 0 Å². The van der Waals surface area contributed by atoms with Gasteiger partial charge in [-0.05, 0) is 40.3 Å². The standard InChI is InChI=1S/C18H35N5O2.HI/c1-17(2,3)25-16(24)22-8-9-23-14(11-22)10-19-15(23)20-12-18(4,5)13-21(6)7;/h14H,8-13H2,1-7H3,(H,19,20);1H. The van der Waals surface area contributed by atoms with Crippen LogP contribution in [-0.4, -0.2) is 91.8 Å². The number of ether oxygens (including phenoxy) is 1. The Morgan fingerprint density at radius 1 is 1.27 bits per heavy atom. The molecule has 1 atom stereocenters. The van der Waals surface area contributed by atoms with Gasteiger partial charge in [-0.15, -0.1) is 24.0 Å². The lowest BCUT2D eigenvalue weighted by molar-refractivity contribution is 0.0137. The molecule has 2 heterocycles. The summed E-state index contributed by atoms with van der Waals surface area (Å²) in [4.78, 5) is 23.3. The van der Waals surface area contributed by atoms with Crippen LogP contribution < -0.4 is 5.32 Å². The molecule has 0 radical (unpaired) electrons. The predicted molar refractivity (Wildman–Crippen MR) is 116 cm³/mol. The van der Waals surface area contributed by atoms with Crippen LogP contribution in [0.1, 0.15) is 34.6 Å². The summed E-state index contributed by atoms with van der Waals surface area (Å²) in [7, 11) is 4.20. The molecule has 0 bridgehead atoms. The van der Waals surface area contributed by atoms with Gasteiger partial charge in [0.2, 0.25) is 0 Å². The Morgan fingerprint density at radius 3 is 2.50 bits per heavy atom. The monoisotopic (exact) mass is 481 g/mol. The van der Waals surface area contributed by atoms with Crippen molar-refractivity contribution in [1.29, 1.82) is 0 Å². The highest BCUT2D eigenvalue weighted by atomic mass is 127. The van der Waals surface area contributed by atoms with Gasteiger partial charge in [-0.3, -0.25) is 4.99 Å². The number of fused-ring (bicyclic) bond motifs is 1. The first-order chi connectivity index (χ1) is 11.5. The van der Waals surface area contributed by atoms with Crippen molar-refractivity contribution in [1.82, 2.24) is 20.0 Å². The van der Waals surface area contributed by atoms with E-state index in [1.807, 2.05) is 20.8 Å². The number of carbonyl (C=O) groups is 1. The smallest absolute Gasteiger partial charge is 0.410 e. The molecule has 152 valence electrons. The Bertz CT molecular complexity index is 516. The van der Waals surface area contributed by atoms with Gasteiger partial charge in [-0.1, -0.05) is 13.8 Å². The average molecular weight is 481 g/mol. The third-order valence-electron chi connectivity index (χ3n) is 4.33. The van der Waals surface area contributed by atoms with E-state index < -0.39 is 5.60 Å². The van der Waals surface area contributed by atoms with Crippen molar-refractivity contribution in [3.05, 3.63) is 0 Å². The molecule has 0 spiro atoms. The highest BCUT2D eigenvalue weighted by Crippen LogP contribution is 2.20. The van der Waals surface area contributed by atoms with Crippen LogP contribution in [0, 0.1) is 5.41 Å². The van der Waals surface area contributed by atoms with Crippen LogP contribution in [0.2, 0.25) is 0 Å². The zero-order valence-corrected chi connectivity index (χ0v) is 19.7. The topological polar surface area (TPSA) is 60.4 Å². The number of nitrogens with zero attached hydrogens (tertiary/aromatic N) is 4. The van der Waals surface area contributed by atoms with Crippen LogP contribution in [0.5, 0.6) is 0 Å². The van der Waals surface area contributed by atoms with Gasteiger partial charge in [0, 0.05) is 32.7 Å². The fourth-order valence-electron chi connectivity index (χ4n) is 3.45. The number of piperazine rings is 1. The predicted octanol–water partition coefficient (Wildman–Crippen LogP) is 2.07. The number of hydrogen-bond donors (Lipinski definition) is 1. The molecule has 1 N–H and O–H groups in total. The summed E-state index contributed by atoms with van der Waals surface area (Å²) in [5.74, 6) is 0.973. The van der Waals surface area contributed by atoms with Gasteiger partial charge in [0.05, 0.1) is 12.6 Å². The van der Waals surface area contributed by atoms with Crippen molar-refractivity contribution < 1.29 is 9.53 Å². The highest BCUT2D eigenvalue weighted by Gasteiger charge is 2.36. The lowest BCUT2D eigenvalue weighted by Crippen LogP contribution is -2.58. The molecule has 7 nitrogen and oxygen atoms in total. The van der Waals surface area contributed by atoms with Gasteiger partial charge in [0.1, 0.15) is 5.60 Å². The summed E-state index contributed by atoms with van der Waals surface area (Å²) in [6, 6.07) is 0.251. The van der Waals surface area contributed by atoms with Crippen molar-refractivity contribution in [2.24, 2.45) is 10.4 Å². The second-order valence-electron chi connectivity index (χ2n) is 9.19. The molecular formula is C18H36IN5O2. The molecule has 0 saturated carbocycles. The Hall–Kier alpha value is -0.770. The minimum absolute atomic E-state index is 0. The summed E-state index contributed by atoms with van der Waals surface area (Å²) < 4.78 is 5.49. The van der Waals surface area contributed by atoms with E-state index in [1.165, 1.54) is 0 Å². The average Bonchev–Trinajstić information content (AvgIpc) is 2.84. The number of guanidine groups is 1. The lowest BCUT2D eigenvalue weighted by atomic mass is 9.93. The molecule has 2 rings (SSSR count). The van der Waals surface area contributed by atoms with Crippen LogP contribution in [0.3, 0.4) is 0 Å². The Morgan fingerprint density at radius 2 is 1.92 bits per heavy atom. The molecule has 1 unspecified atom stereocenters. The van der Waals surface area contributed by atoms with Crippen LogP contribution in [0.4, 0.5) is 4.79 Å². The maximum Gasteiger partial charge on any atom is 0.410 e. The molecule has 1 saturated heterocycles. The van der Waals surface area contributed by atoms with Crippen molar-refractivity contribution in [2.75, 3.05) is 53.4 Å². The number of rotatable bonds is 4. The van der Waals surface area contributed by atoms with E-state index in [1.54, 1.807) is 4.90 Å². The second-order valence-corrected chi connectivity index (χ2v) is 9.19. The van der Waals surface area contributed by atoms with Crippen LogP contribution in [-0.2, 0) is 4.74 Å². The minimum Gasteiger partial charge on any atom is -0.444 e. The fourth-order valence-corrected chi connectivity index (χ4v) is 3.45. The van der Waals surface area contributed by atoms with Gasteiger partial charge in [0.25, 0.3) is 0 Å². The van der Waals surface area contributed by atoms with Crippen LogP contribution in [0.15, 0.2) is 4.99 Å². The summed E-state index contributed by atoms with van der Waals surface area (Å²) in [6.07, 6.45) is -0.222. The maximum atomic E-state index is 12.3. The quantitative estimate of drug-likeness (QED) is 0.624. The molecule has 0 aromatic carbocycles. The van der Waals surface area contributed by atoms with E-state index in [0.717, 1.165) is 32.1 Å². The number of carbonyl (C=O) groups excluding carboxylic acids is 1. The zero-order chi connectivity index (χ0) is 18.8. The van der Waals surface area contributed by atoms with E-state index >= 15 is 0 Å². The molecule has 2 aliphatic rings. The molecule has 2 aliphatic heterocycles. The third-order valence-corrected chi connectivity index (χ3v) is 4.33. The highest BCUT2D eigenvalue weighted by molar-refractivity contribution is 14.0. The normalized spacial score (nSPS) is 20.5. The van der Waals surface area contributed by atoms with Gasteiger partial charge < -0.3 is 24.8 Å². The summed E-state index contributed by atoms with van der Waals surface area (Å²) in [5, 5.41) is 3.52. The van der Waals surface area contributed by atoms with E-state index in [9.17, 15) is 4.79 Å². The van der Waals surface area contributed by atoms with Crippen molar-refractivity contribution in [2.45, 2.75) is 46.3 Å². The van der Waals surface area contributed by atoms with Crippen molar-refractivity contribution >= 4 is 36.0 Å². The van der Waals surface area contributed by atoms with Gasteiger partial charge >= 0.3 is 6.09 Å². The summed E-state index contributed by atoms with van der Waals surface area (Å²) >= 11 is 0. The van der Waals surface area contributed by atoms with Crippen molar-refractivity contribution in [3.8, 4) is 0 Å². The minimum atomic E-state index is -0.453. The number of amides is 1. The molecule has 1 fully saturated rings. The Kier molecular flexibility index (Phi) is 8.01. The van der Waals surface area contributed by atoms with Gasteiger partial charge in [0.15, 0.2) is 5.96 Å². The fraction of sp³-hybridized carbons (Fsp3) is 0.889. The SMILES string of the molecule is CN(C)CC(C)(C)CNC1=NCC2CN(C(=O)OC(C)(C)C)CCN12.I. The number of aliphatic imine (C=N–C) groups is 1. The first-order valence-corrected chi connectivity index (χ1v) is 9.14. The third kappa shape index (κ3) is 6.75. The van der Waals surface area contributed by atoms with E-state index in [0.29, 0.717) is 13.1 Å². The molecule has 0 aliphatic carbocycles.